The number of nitrogen functional groups attached to an aromatic ring is 1. The zero-order valence-electron chi connectivity index (χ0n) is 17.6. The molecule has 10 heteroatoms. The lowest BCUT2D eigenvalue weighted by atomic mass is 10.1. The number of amides is 1. The average Bonchev–Trinajstić information content (AvgIpc) is 3.50. The largest absolute Gasteiger partial charge is 0.383 e. The van der Waals surface area contributed by atoms with Crippen LogP contribution in [0.3, 0.4) is 0 Å². The SMILES string of the molecule is C=CC(=O)N1CC[C@H](n2cc(C#Cc3c(F)cc4sc(C)nc4c3F)c3c(N)ncnc32)C1. The Balaban J connectivity index is 1.60. The molecule has 1 saturated heterocycles. The monoisotopic (exact) mass is 464 g/mol. The van der Waals surface area contributed by atoms with Gasteiger partial charge < -0.3 is 15.2 Å². The van der Waals surface area contributed by atoms with Crippen LogP contribution in [-0.2, 0) is 4.79 Å². The molecule has 2 N–H and O–H groups in total. The Bertz CT molecular complexity index is 1510. The third kappa shape index (κ3) is 3.50. The predicted molar refractivity (Wildman–Crippen MR) is 123 cm³/mol. The van der Waals surface area contributed by atoms with Crippen molar-refractivity contribution in [2.24, 2.45) is 0 Å². The molecular formula is C23H18F2N6OS. The summed E-state index contributed by atoms with van der Waals surface area (Å²) in [6.45, 7) is 6.34. The van der Waals surface area contributed by atoms with Crippen LogP contribution in [0.15, 0.2) is 31.2 Å². The van der Waals surface area contributed by atoms with E-state index in [4.69, 9.17) is 5.73 Å². The van der Waals surface area contributed by atoms with Crippen molar-refractivity contribution >= 4 is 44.3 Å². The van der Waals surface area contributed by atoms with Crippen LogP contribution >= 0.6 is 11.3 Å². The van der Waals surface area contributed by atoms with Gasteiger partial charge in [-0.1, -0.05) is 18.4 Å². The number of rotatable bonds is 2. The van der Waals surface area contributed by atoms with Gasteiger partial charge in [0.25, 0.3) is 0 Å². The van der Waals surface area contributed by atoms with Crippen molar-refractivity contribution in [2.45, 2.75) is 19.4 Å². The smallest absolute Gasteiger partial charge is 0.246 e. The Morgan fingerprint density at radius 1 is 1.36 bits per heavy atom. The first kappa shape index (κ1) is 21.0. The van der Waals surface area contributed by atoms with Crippen molar-refractivity contribution < 1.29 is 13.6 Å². The van der Waals surface area contributed by atoms with Gasteiger partial charge in [0, 0.05) is 19.3 Å². The summed E-state index contributed by atoms with van der Waals surface area (Å²) in [5, 5.41) is 1.15. The van der Waals surface area contributed by atoms with E-state index in [0.717, 1.165) is 0 Å². The van der Waals surface area contributed by atoms with E-state index < -0.39 is 11.6 Å². The summed E-state index contributed by atoms with van der Waals surface area (Å²) in [4.78, 5) is 26.2. The third-order valence-electron chi connectivity index (χ3n) is 5.69. The third-order valence-corrected chi connectivity index (χ3v) is 6.61. The Morgan fingerprint density at radius 2 is 2.18 bits per heavy atom. The first-order valence-corrected chi connectivity index (χ1v) is 11.0. The van der Waals surface area contributed by atoms with Crippen molar-refractivity contribution in [3.05, 3.63) is 59.0 Å². The average molecular weight is 465 g/mol. The fourth-order valence-corrected chi connectivity index (χ4v) is 4.98. The highest BCUT2D eigenvalue weighted by Crippen LogP contribution is 2.31. The molecule has 33 heavy (non-hydrogen) atoms. The molecule has 4 heterocycles. The van der Waals surface area contributed by atoms with Crippen LogP contribution in [0.5, 0.6) is 0 Å². The van der Waals surface area contributed by atoms with Gasteiger partial charge >= 0.3 is 0 Å². The van der Waals surface area contributed by atoms with E-state index in [-0.39, 0.29) is 28.8 Å². The Labute approximate surface area is 191 Å². The minimum absolute atomic E-state index is 0.0518. The summed E-state index contributed by atoms with van der Waals surface area (Å²) in [7, 11) is 0. The van der Waals surface area contributed by atoms with E-state index in [1.165, 1.54) is 29.8 Å². The number of aromatic nitrogens is 4. The first-order valence-electron chi connectivity index (χ1n) is 10.2. The second kappa shape index (κ2) is 7.94. The van der Waals surface area contributed by atoms with Gasteiger partial charge in [0.2, 0.25) is 5.91 Å². The van der Waals surface area contributed by atoms with Gasteiger partial charge in [-0.15, -0.1) is 11.3 Å². The maximum absolute atomic E-state index is 14.9. The number of nitrogens with zero attached hydrogens (tertiary/aromatic N) is 5. The standard InChI is InChI=1S/C23H18F2N6OS/c1-3-18(32)30-7-6-14(10-30)31-9-13(19-22(26)27-11-28-23(19)31)4-5-15-16(24)8-17-21(20(15)25)29-12(2)33-17/h3,8-9,11,14H,1,6-7,10H2,2H3,(H2,26,27,28)/t14-/m0/s1. The van der Waals surface area contributed by atoms with Gasteiger partial charge in [0.15, 0.2) is 5.82 Å². The summed E-state index contributed by atoms with van der Waals surface area (Å²) < 4.78 is 31.9. The Kier molecular flexibility index (Phi) is 5.06. The zero-order chi connectivity index (χ0) is 23.3. The topological polar surface area (TPSA) is 89.9 Å². The Hall–Kier alpha value is -3.84. The lowest BCUT2D eigenvalue weighted by Gasteiger charge is -2.15. The van der Waals surface area contributed by atoms with Crippen molar-refractivity contribution in [3.8, 4) is 11.8 Å². The molecule has 1 amide bonds. The second-order valence-electron chi connectivity index (χ2n) is 7.72. The molecular weight excluding hydrogens is 446 g/mol. The molecule has 4 aromatic rings. The first-order chi connectivity index (χ1) is 15.9. The molecule has 0 radical (unpaired) electrons. The number of hydrogen-bond acceptors (Lipinski definition) is 6. The van der Waals surface area contributed by atoms with Crippen molar-refractivity contribution in [3.63, 3.8) is 0 Å². The summed E-state index contributed by atoms with van der Waals surface area (Å²) >= 11 is 1.22. The van der Waals surface area contributed by atoms with Crippen LogP contribution in [-0.4, -0.2) is 43.4 Å². The van der Waals surface area contributed by atoms with Crippen LogP contribution in [0.4, 0.5) is 14.6 Å². The van der Waals surface area contributed by atoms with E-state index in [1.54, 1.807) is 18.0 Å². The molecule has 0 spiro atoms. The predicted octanol–water partition coefficient (Wildman–Crippen LogP) is 3.57. The summed E-state index contributed by atoms with van der Waals surface area (Å²) in [6, 6.07) is 1.20. The molecule has 0 unspecified atom stereocenters. The van der Waals surface area contributed by atoms with Gasteiger partial charge in [-0.25, -0.2) is 23.7 Å². The second-order valence-corrected chi connectivity index (χ2v) is 8.95. The van der Waals surface area contributed by atoms with E-state index in [9.17, 15) is 13.6 Å². The number of hydrogen-bond donors (Lipinski definition) is 1. The summed E-state index contributed by atoms with van der Waals surface area (Å²) in [5.41, 5.74) is 6.86. The van der Waals surface area contributed by atoms with Crippen LogP contribution in [0.2, 0.25) is 0 Å². The number of carbonyl (C=O) groups excluding carboxylic acids is 1. The maximum Gasteiger partial charge on any atom is 0.246 e. The van der Waals surface area contributed by atoms with Crippen LogP contribution in [0.1, 0.15) is 28.6 Å². The minimum Gasteiger partial charge on any atom is -0.383 e. The highest BCUT2D eigenvalue weighted by molar-refractivity contribution is 7.18. The summed E-state index contributed by atoms with van der Waals surface area (Å²) in [6.07, 6.45) is 5.10. The van der Waals surface area contributed by atoms with Gasteiger partial charge in [-0.3, -0.25) is 4.79 Å². The number of thiazole rings is 1. The van der Waals surface area contributed by atoms with E-state index in [0.29, 0.717) is 45.8 Å². The van der Waals surface area contributed by atoms with Gasteiger partial charge in [0.05, 0.1) is 32.3 Å². The normalized spacial score (nSPS) is 15.7. The highest BCUT2D eigenvalue weighted by Gasteiger charge is 2.28. The Morgan fingerprint density at radius 3 is 2.97 bits per heavy atom. The zero-order valence-corrected chi connectivity index (χ0v) is 18.4. The van der Waals surface area contributed by atoms with Crippen LogP contribution in [0, 0.1) is 30.4 Å². The summed E-state index contributed by atoms with van der Waals surface area (Å²) in [5.74, 6) is 4.01. The highest BCUT2D eigenvalue weighted by atomic mass is 32.1. The number of aryl methyl sites for hydroxylation is 1. The van der Waals surface area contributed by atoms with Crippen LogP contribution in [0.25, 0.3) is 21.3 Å². The molecule has 1 aliphatic rings. The van der Waals surface area contributed by atoms with Gasteiger partial charge in [-0.2, -0.15) is 0 Å². The molecule has 1 aromatic carbocycles. The minimum atomic E-state index is -0.788. The molecule has 1 atom stereocenters. The molecule has 1 fully saturated rings. The lowest BCUT2D eigenvalue weighted by molar-refractivity contribution is -0.125. The molecule has 3 aromatic heterocycles. The van der Waals surface area contributed by atoms with Gasteiger partial charge in [-0.05, 0) is 25.5 Å². The molecule has 0 saturated carbocycles. The fraction of sp³-hybridized carbons (Fsp3) is 0.217. The number of nitrogens with two attached hydrogens (primary N) is 1. The van der Waals surface area contributed by atoms with E-state index >= 15 is 0 Å². The molecule has 0 aliphatic carbocycles. The van der Waals surface area contributed by atoms with Crippen molar-refractivity contribution in [2.75, 3.05) is 18.8 Å². The molecule has 166 valence electrons. The van der Waals surface area contributed by atoms with Crippen LogP contribution < -0.4 is 5.73 Å². The van der Waals surface area contributed by atoms with Crippen molar-refractivity contribution in [1.82, 2.24) is 24.4 Å². The quantitative estimate of drug-likeness (QED) is 0.362. The number of carbonyl (C=O) groups is 1. The number of anilines is 1. The number of benzene rings is 1. The maximum atomic E-state index is 14.9. The number of halogens is 2. The molecule has 5 rings (SSSR count). The fourth-order valence-electron chi connectivity index (χ4n) is 4.13. The number of likely N-dealkylation sites (tertiary alicyclic amines) is 1. The molecule has 0 bridgehead atoms. The van der Waals surface area contributed by atoms with E-state index in [1.807, 2.05) is 4.57 Å². The molecule has 1 aliphatic heterocycles. The van der Waals surface area contributed by atoms with E-state index in [2.05, 4.69) is 33.4 Å². The molecule has 7 nitrogen and oxygen atoms in total. The lowest BCUT2D eigenvalue weighted by Crippen LogP contribution is -2.27. The number of fused-ring (bicyclic) bond motifs is 2. The van der Waals surface area contributed by atoms with Crippen molar-refractivity contribution in [1.29, 1.82) is 0 Å². The van der Waals surface area contributed by atoms with Gasteiger partial charge in [0.1, 0.15) is 29.1 Å².